The third kappa shape index (κ3) is 2.96. The standard InChI is InChI=1S/C14H20N6O/c1-9-16-10(2)20(17-9)7-6-15-14(21)13-8-12(11-4-5-11)18-19(13)3/h8,11H,4-7H2,1-3H3,(H,15,21). The molecule has 112 valence electrons. The third-order valence-electron chi connectivity index (χ3n) is 3.70. The zero-order valence-corrected chi connectivity index (χ0v) is 12.6. The molecule has 2 heterocycles. The van der Waals surface area contributed by atoms with Gasteiger partial charge in [0.2, 0.25) is 0 Å². The van der Waals surface area contributed by atoms with Crippen molar-refractivity contribution in [2.75, 3.05) is 6.54 Å². The highest BCUT2D eigenvalue weighted by Crippen LogP contribution is 2.39. The summed E-state index contributed by atoms with van der Waals surface area (Å²) in [5.41, 5.74) is 1.65. The first-order valence-corrected chi connectivity index (χ1v) is 7.25. The SMILES string of the molecule is Cc1nc(C)n(CCNC(=O)c2cc(C3CC3)nn2C)n1. The molecule has 0 radical (unpaired) electrons. The summed E-state index contributed by atoms with van der Waals surface area (Å²) >= 11 is 0. The molecule has 0 aliphatic heterocycles. The summed E-state index contributed by atoms with van der Waals surface area (Å²) in [7, 11) is 1.81. The molecule has 0 aromatic carbocycles. The lowest BCUT2D eigenvalue weighted by Gasteiger charge is -2.06. The quantitative estimate of drug-likeness (QED) is 0.888. The molecule has 0 saturated heterocycles. The van der Waals surface area contributed by atoms with Gasteiger partial charge in [0.15, 0.2) is 0 Å². The molecule has 7 nitrogen and oxygen atoms in total. The van der Waals surface area contributed by atoms with Gasteiger partial charge in [-0.25, -0.2) is 9.67 Å². The Morgan fingerprint density at radius 1 is 1.38 bits per heavy atom. The van der Waals surface area contributed by atoms with Gasteiger partial charge >= 0.3 is 0 Å². The number of rotatable bonds is 5. The van der Waals surface area contributed by atoms with Crippen LogP contribution in [0.3, 0.4) is 0 Å². The van der Waals surface area contributed by atoms with Crippen LogP contribution in [0.1, 0.15) is 46.6 Å². The number of amides is 1. The van der Waals surface area contributed by atoms with Gasteiger partial charge in [-0.3, -0.25) is 9.48 Å². The molecule has 0 unspecified atom stereocenters. The molecule has 21 heavy (non-hydrogen) atoms. The molecule has 1 aliphatic rings. The van der Waals surface area contributed by atoms with Gasteiger partial charge in [-0.15, -0.1) is 0 Å². The van der Waals surface area contributed by atoms with Gasteiger partial charge in [0.05, 0.1) is 12.2 Å². The monoisotopic (exact) mass is 288 g/mol. The van der Waals surface area contributed by atoms with Crippen molar-refractivity contribution in [3.63, 3.8) is 0 Å². The Bertz CT molecular complexity index is 667. The minimum atomic E-state index is -0.0913. The Morgan fingerprint density at radius 2 is 2.14 bits per heavy atom. The van der Waals surface area contributed by atoms with Crippen LogP contribution < -0.4 is 5.32 Å². The van der Waals surface area contributed by atoms with Crippen molar-refractivity contribution in [2.24, 2.45) is 7.05 Å². The van der Waals surface area contributed by atoms with E-state index in [-0.39, 0.29) is 5.91 Å². The zero-order valence-electron chi connectivity index (χ0n) is 12.6. The fourth-order valence-electron chi connectivity index (χ4n) is 2.42. The molecule has 2 aromatic rings. The number of nitrogens with zero attached hydrogens (tertiary/aromatic N) is 5. The second kappa shape index (κ2) is 5.31. The summed E-state index contributed by atoms with van der Waals surface area (Å²) in [6.07, 6.45) is 2.37. The second-order valence-electron chi connectivity index (χ2n) is 5.54. The number of aryl methyl sites for hydroxylation is 3. The average molecular weight is 288 g/mol. The molecule has 1 amide bonds. The Hall–Kier alpha value is -2.18. The number of aromatic nitrogens is 5. The van der Waals surface area contributed by atoms with E-state index in [1.54, 1.807) is 9.36 Å². The van der Waals surface area contributed by atoms with Crippen molar-refractivity contribution in [3.8, 4) is 0 Å². The molecule has 7 heteroatoms. The lowest BCUT2D eigenvalue weighted by molar-refractivity contribution is 0.0942. The van der Waals surface area contributed by atoms with Crippen molar-refractivity contribution >= 4 is 5.91 Å². The Labute approximate surface area is 123 Å². The normalized spacial score (nSPS) is 14.4. The van der Waals surface area contributed by atoms with E-state index in [9.17, 15) is 4.79 Å². The predicted molar refractivity (Wildman–Crippen MR) is 77.0 cm³/mol. The van der Waals surface area contributed by atoms with Gasteiger partial charge in [-0.1, -0.05) is 0 Å². The highest BCUT2D eigenvalue weighted by atomic mass is 16.2. The first-order chi connectivity index (χ1) is 10.0. The predicted octanol–water partition coefficient (Wildman–Crippen LogP) is 0.936. The molecule has 1 fully saturated rings. The number of nitrogens with one attached hydrogen (secondary N) is 1. The minimum Gasteiger partial charge on any atom is -0.349 e. The van der Waals surface area contributed by atoms with Crippen LogP contribution in [-0.2, 0) is 13.6 Å². The largest absolute Gasteiger partial charge is 0.349 e. The molecule has 0 atom stereocenters. The van der Waals surface area contributed by atoms with Gasteiger partial charge < -0.3 is 5.32 Å². The Balaban J connectivity index is 1.57. The maximum absolute atomic E-state index is 12.2. The Kier molecular flexibility index (Phi) is 3.48. The molecular formula is C14H20N6O. The maximum atomic E-state index is 12.2. The average Bonchev–Trinajstić information content (AvgIpc) is 3.13. The summed E-state index contributed by atoms with van der Waals surface area (Å²) < 4.78 is 3.46. The van der Waals surface area contributed by atoms with Crippen LogP contribution in [0.15, 0.2) is 6.07 Å². The number of hydrogen-bond donors (Lipinski definition) is 1. The molecule has 2 aromatic heterocycles. The smallest absolute Gasteiger partial charge is 0.269 e. The third-order valence-corrected chi connectivity index (χ3v) is 3.70. The maximum Gasteiger partial charge on any atom is 0.269 e. The van der Waals surface area contributed by atoms with Crippen LogP contribution in [0.2, 0.25) is 0 Å². The Morgan fingerprint density at radius 3 is 2.76 bits per heavy atom. The fraction of sp³-hybridized carbons (Fsp3) is 0.571. The highest BCUT2D eigenvalue weighted by Gasteiger charge is 2.27. The van der Waals surface area contributed by atoms with E-state index in [0.717, 1.165) is 17.3 Å². The van der Waals surface area contributed by atoms with Crippen molar-refractivity contribution < 1.29 is 4.79 Å². The summed E-state index contributed by atoms with van der Waals surface area (Å²) in [6.45, 7) is 4.90. The first kappa shape index (κ1) is 13.8. The lowest BCUT2D eigenvalue weighted by atomic mass is 10.2. The van der Waals surface area contributed by atoms with Gasteiger partial charge in [-0.05, 0) is 32.8 Å². The topological polar surface area (TPSA) is 77.6 Å². The van der Waals surface area contributed by atoms with Crippen LogP contribution in [-0.4, -0.2) is 37.0 Å². The molecular weight excluding hydrogens is 268 g/mol. The molecule has 1 N–H and O–H groups in total. The summed E-state index contributed by atoms with van der Waals surface area (Å²) in [4.78, 5) is 16.4. The minimum absolute atomic E-state index is 0.0913. The summed E-state index contributed by atoms with van der Waals surface area (Å²) in [5.74, 6) is 2.07. The van der Waals surface area contributed by atoms with Gasteiger partial charge in [-0.2, -0.15) is 10.2 Å². The molecule has 0 spiro atoms. The van der Waals surface area contributed by atoms with Gasteiger partial charge in [0.25, 0.3) is 5.91 Å². The number of hydrogen-bond acceptors (Lipinski definition) is 4. The van der Waals surface area contributed by atoms with E-state index >= 15 is 0 Å². The van der Waals surface area contributed by atoms with E-state index < -0.39 is 0 Å². The lowest BCUT2D eigenvalue weighted by Crippen LogP contribution is -2.29. The van der Waals surface area contributed by atoms with E-state index in [1.165, 1.54) is 12.8 Å². The van der Waals surface area contributed by atoms with Crippen LogP contribution >= 0.6 is 0 Å². The number of carbonyl (C=O) groups is 1. The van der Waals surface area contributed by atoms with Crippen LogP contribution in [0.5, 0.6) is 0 Å². The van der Waals surface area contributed by atoms with E-state index in [0.29, 0.717) is 24.7 Å². The molecule has 0 bridgehead atoms. The molecule has 1 aliphatic carbocycles. The van der Waals surface area contributed by atoms with Crippen molar-refractivity contribution in [3.05, 3.63) is 29.1 Å². The summed E-state index contributed by atoms with van der Waals surface area (Å²) in [5, 5.41) is 11.6. The van der Waals surface area contributed by atoms with Crippen molar-refractivity contribution in [2.45, 2.75) is 39.2 Å². The fourth-order valence-corrected chi connectivity index (χ4v) is 2.42. The van der Waals surface area contributed by atoms with Crippen molar-refractivity contribution in [1.29, 1.82) is 0 Å². The van der Waals surface area contributed by atoms with E-state index in [2.05, 4.69) is 20.5 Å². The van der Waals surface area contributed by atoms with Gasteiger partial charge in [0, 0.05) is 19.5 Å². The van der Waals surface area contributed by atoms with Crippen LogP contribution in [0, 0.1) is 13.8 Å². The molecule has 1 saturated carbocycles. The second-order valence-corrected chi connectivity index (χ2v) is 5.54. The number of carbonyl (C=O) groups excluding carboxylic acids is 1. The van der Waals surface area contributed by atoms with Crippen LogP contribution in [0.25, 0.3) is 0 Å². The summed E-state index contributed by atoms with van der Waals surface area (Å²) in [6, 6.07) is 1.90. The zero-order chi connectivity index (χ0) is 15.0. The van der Waals surface area contributed by atoms with Gasteiger partial charge in [0.1, 0.15) is 17.3 Å². The van der Waals surface area contributed by atoms with E-state index in [1.807, 2.05) is 27.0 Å². The first-order valence-electron chi connectivity index (χ1n) is 7.25. The van der Waals surface area contributed by atoms with E-state index in [4.69, 9.17) is 0 Å². The molecule has 3 rings (SSSR count). The van der Waals surface area contributed by atoms with Crippen LogP contribution in [0.4, 0.5) is 0 Å². The van der Waals surface area contributed by atoms with Crippen molar-refractivity contribution in [1.82, 2.24) is 29.9 Å². The highest BCUT2D eigenvalue weighted by molar-refractivity contribution is 5.92.